The molecule has 3 aromatic rings. The van der Waals surface area contributed by atoms with Gasteiger partial charge in [0, 0.05) is 31.6 Å². The fourth-order valence-electron chi connectivity index (χ4n) is 4.86. The average Bonchev–Trinajstić information content (AvgIpc) is 2.90. The molecular formula is C30H36N2O6S. The van der Waals surface area contributed by atoms with Gasteiger partial charge in [0.05, 0.1) is 12.2 Å². The van der Waals surface area contributed by atoms with Crippen LogP contribution >= 0.6 is 0 Å². The molecule has 0 fully saturated rings. The van der Waals surface area contributed by atoms with Crippen LogP contribution in [0.4, 0.5) is 0 Å². The number of aliphatic hydroxyl groups is 1. The van der Waals surface area contributed by atoms with Gasteiger partial charge in [-0.15, -0.1) is 0 Å². The zero-order valence-electron chi connectivity index (χ0n) is 22.7. The van der Waals surface area contributed by atoms with Crippen LogP contribution in [0.5, 0.6) is 5.75 Å². The van der Waals surface area contributed by atoms with Crippen molar-refractivity contribution in [2.24, 2.45) is 5.92 Å². The third-order valence-electron chi connectivity index (χ3n) is 7.17. The van der Waals surface area contributed by atoms with Crippen LogP contribution in [0, 0.1) is 12.8 Å². The van der Waals surface area contributed by atoms with E-state index in [2.05, 4.69) is 0 Å². The van der Waals surface area contributed by atoms with Crippen LogP contribution in [0.15, 0.2) is 71.6 Å². The summed E-state index contributed by atoms with van der Waals surface area (Å²) in [5.74, 6) is -0.893. The molecule has 2 N–H and O–H groups in total. The highest BCUT2D eigenvalue weighted by Crippen LogP contribution is 2.36. The summed E-state index contributed by atoms with van der Waals surface area (Å²) >= 11 is 0. The molecule has 1 aliphatic rings. The first-order valence-electron chi connectivity index (χ1n) is 13.0. The molecular weight excluding hydrogens is 516 g/mol. The number of aromatic carboxylic acids is 1. The van der Waals surface area contributed by atoms with Gasteiger partial charge < -0.3 is 14.9 Å². The molecule has 39 heavy (non-hydrogen) atoms. The number of rotatable bonds is 8. The van der Waals surface area contributed by atoms with Gasteiger partial charge in [-0.1, -0.05) is 55.0 Å². The fraction of sp³-hybridized carbons (Fsp3) is 0.367. The van der Waals surface area contributed by atoms with Gasteiger partial charge in [-0.3, -0.25) is 4.90 Å². The van der Waals surface area contributed by atoms with Crippen LogP contribution < -0.4 is 4.74 Å². The Morgan fingerprint density at radius 1 is 1.10 bits per heavy atom. The van der Waals surface area contributed by atoms with Crippen molar-refractivity contribution in [3.8, 4) is 16.9 Å². The molecule has 0 amide bonds. The molecule has 0 unspecified atom stereocenters. The van der Waals surface area contributed by atoms with Crippen LogP contribution in [0.1, 0.15) is 35.3 Å². The van der Waals surface area contributed by atoms with Crippen molar-refractivity contribution in [3.63, 3.8) is 0 Å². The molecule has 3 aromatic carbocycles. The molecule has 3 atom stereocenters. The fourth-order valence-corrected chi connectivity index (χ4v) is 6.68. The normalized spacial score (nSPS) is 19.9. The zero-order valence-corrected chi connectivity index (χ0v) is 23.6. The number of benzene rings is 3. The Morgan fingerprint density at radius 2 is 1.79 bits per heavy atom. The first-order chi connectivity index (χ1) is 18.5. The second kappa shape index (κ2) is 11.9. The highest BCUT2D eigenvalue weighted by Gasteiger charge is 2.38. The Hall–Kier alpha value is -3.24. The van der Waals surface area contributed by atoms with E-state index in [1.807, 2.05) is 56.1 Å². The third-order valence-corrected chi connectivity index (χ3v) is 9.19. The Morgan fingerprint density at radius 3 is 2.46 bits per heavy atom. The van der Waals surface area contributed by atoms with Crippen LogP contribution in [0.25, 0.3) is 11.1 Å². The standard InChI is InChI=1S/C30H36N2O6S/c1-20-8-10-24(11-9-20)25-12-13-29-27(15-25)38-28(21(2)16-32(22(3)19-33)39(29,36)37)18-31(4)17-23-6-5-7-26(14-23)30(34)35/h5-15,21-22,28,33H,16-19H2,1-4H3,(H,34,35)/t21-,22+,28+/m0/s1. The lowest BCUT2D eigenvalue weighted by Crippen LogP contribution is -2.49. The molecule has 0 aromatic heterocycles. The monoisotopic (exact) mass is 552 g/mol. The molecule has 0 saturated heterocycles. The molecule has 208 valence electrons. The molecule has 8 nitrogen and oxygen atoms in total. The second-order valence-electron chi connectivity index (χ2n) is 10.5. The summed E-state index contributed by atoms with van der Waals surface area (Å²) in [6.07, 6.45) is -0.367. The summed E-state index contributed by atoms with van der Waals surface area (Å²) in [6, 6.07) is 19.4. The van der Waals surface area contributed by atoms with Gasteiger partial charge in [0.2, 0.25) is 10.0 Å². The summed E-state index contributed by atoms with van der Waals surface area (Å²) in [4.78, 5) is 13.5. The van der Waals surface area contributed by atoms with Crippen molar-refractivity contribution in [2.45, 2.75) is 44.4 Å². The third kappa shape index (κ3) is 6.50. The highest BCUT2D eigenvalue weighted by molar-refractivity contribution is 7.89. The van der Waals surface area contributed by atoms with E-state index >= 15 is 0 Å². The predicted molar refractivity (Wildman–Crippen MR) is 150 cm³/mol. The lowest BCUT2D eigenvalue weighted by molar-refractivity contribution is 0.0694. The van der Waals surface area contributed by atoms with Crippen molar-refractivity contribution in [1.82, 2.24) is 9.21 Å². The van der Waals surface area contributed by atoms with Crippen molar-refractivity contribution in [2.75, 3.05) is 26.7 Å². The Balaban J connectivity index is 1.69. The van der Waals surface area contributed by atoms with E-state index in [-0.39, 0.29) is 41.4 Å². The van der Waals surface area contributed by atoms with Crippen LogP contribution in [0.3, 0.4) is 0 Å². The van der Waals surface area contributed by atoms with E-state index in [4.69, 9.17) is 4.74 Å². The van der Waals surface area contributed by atoms with Crippen LogP contribution in [0.2, 0.25) is 0 Å². The van der Waals surface area contributed by atoms with Crippen LogP contribution in [-0.4, -0.2) is 72.7 Å². The predicted octanol–water partition coefficient (Wildman–Crippen LogP) is 4.26. The van der Waals surface area contributed by atoms with Gasteiger partial charge in [-0.2, -0.15) is 4.31 Å². The van der Waals surface area contributed by atoms with Crippen molar-refractivity contribution in [1.29, 1.82) is 0 Å². The van der Waals surface area contributed by atoms with E-state index in [9.17, 15) is 23.4 Å². The number of fused-ring (bicyclic) bond motifs is 1. The van der Waals surface area contributed by atoms with Gasteiger partial charge >= 0.3 is 5.97 Å². The minimum Gasteiger partial charge on any atom is -0.487 e. The smallest absolute Gasteiger partial charge is 0.335 e. The Kier molecular flexibility index (Phi) is 8.76. The maximum absolute atomic E-state index is 13.7. The Labute approximate surface area is 230 Å². The van der Waals surface area contributed by atoms with Gasteiger partial charge in [0.1, 0.15) is 16.7 Å². The lowest BCUT2D eigenvalue weighted by atomic mass is 10.0. The molecule has 4 rings (SSSR count). The number of nitrogens with zero attached hydrogens (tertiary/aromatic N) is 2. The largest absolute Gasteiger partial charge is 0.487 e. The van der Waals surface area contributed by atoms with E-state index in [1.54, 1.807) is 43.3 Å². The summed E-state index contributed by atoms with van der Waals surface area (Å²) in [5, 5.41) is 19.2. The SMILES string of the molecule is Cc1ccc(-c2ccc3c(c2)O[C@H](CN(C)Cc2cccc(C(=O)O)c2)[C@@H](C)CN([C@H](C)CO)S3(=O)=O)cc1. The summed E-state index contributed by atoms with van der Waals surface area (Å²) in [7, 11) is -2.00. The second-order valence-corrected chi connectivity index (χ2v) is 12.3. The number of aliphatic hydroxyl groups excluding tert-OH is 1. The summed E-state index contributed by atoms with van der Waals surface area (Å²) in [6.45, 7) is 6.53. The number of carboxylic acid groups (broad SMARTS) is 1. The molecule has 0 bridgehead atoms. The topological polar surface area (TPSA) is 107 Å². The van der Waals surface area contributed by atoms with E-state index in [1.165, 1.54) is 4.31 Å². The Bertz CT molecular complexity index is 1420. The minimum atomic E-state index is -3.93. The number of ether oxygens (including phenoxy) is 1. The van der Waals surface area contributed by atoms with Gasteiger partial charge in [-0.05, 0) is 61.9 Å². The number of carboxylic acids is 1. The molecule has 0 spiro atoms. The van der Waals surface area contributed by atoms with Gasteiger partial charge in [-0.25, -0.2) is 13.2 Å². The first-order valence-corrected chi connectivity index (χ1v) is 14.4. The maximum Gasteiger partial charge on any atom is 0.335 e. The number of hydrogen-bond donors (Lipinski definition) is 2. The first kappa shape index (κ1) is 28.8. The quantitative estimate of drug-likeness (QED) is 0.430. The highest BCUT2D eigenvalue weighted by atomic mass is 32.2. The number of aryl methyl sites for hydroxylation is 1. The number of likely N-dealkylation sites (N-methyl/N-ethyl adjacent to an activating group) is 1. The number of sulfonamides is 1. The molecule has 0 radical (unpaired) electrons. The molecule has 1 aliphatic heterocycles. The van der Waals surface area contributed by atoms with Gasteiger partial charge in [0.15, 0.2) is 0 Å². The number of carbonyl (C=O) groups is 1. The van der Waals surface area contributed by atoms with Crippen LogP contribution in [-0.2, 0) is 16.6 Å². The van der Waals surface area contributed by atoms with E-state index < -0.39 is 22.0 Å². The van der Waals surface area contributed by atoms with E-state index in [0.29, 0.717) is 13.1 Å². The zero-order chi connectivity index (χ0) is 28.3. The van der Waals surface area contributed by atoms with Crippen molar-refractivity contribution in [3.05, 3.63) is 83.4 Å². The molecule has 0 aliphatic carbocycles. The number of hydrogen-bond acceptors (Lipinski definition) is 6. The molecule has 1 heterocycles. The minimum absolute atomic E-state index is 0.0763. The maximum atomic E-state index is 13.7. The molecule has 0 saturated carbocycles. The summed E-state index contributed by atoms with van der Waals surface area (Å²) in [5.41, 5.74) is 4.01. The van der Waals surface area contributed by atoms with E-state index in [0.717, 1.165) is 22.3 Å². The molecule has 9 heteroatoms. The summed E-state index contributed by atoms with van der Waals surface area (Å²) < 4.78 is 35.4. The van der Waals surface area contributed by atoms with Gasteiger partial charge in [0.25, 0.3) is 0 Å². The van der Waals surface area contributed by atoms with Crippen molar-refractivity contribution < 1.29 is 28.2 Å². The average molecular weight is 553 g/mol. The lowest BCUT2D eigenvalue weighted by Gasteiger charge is -2.37. The van der Waals surface area contributed by atoms with Crippen molar-refractivity contribution >= 4 is 16.0 Å².